The Kier molecular flexibility index (Phi) is 7.37. The van der Waals surface area contributed by atoms with Crippen LogP contribution in [0.5, 0.6) is 5.75 Å². The molecule has 9 heteroatoms. The van der Waals surface area contributed by atoms with E-state index in [1.54, 1.807) is 30.1 Å². The molecule has 3 atom stereocenters. The van der Waals surface area contributed by atoms with Crippen LogP contribution in [0.1, 0.15) is 62.2 Å². The summed E-state index contributed by atoms with van der Waals surface area (Å²) in [5.41, 5.74) is 0.938. The summed E-state index contributed by atoms with van der Waals surface area (Å²) in [6.45, 7) is 2.85. The molecular weight excluding hydrogens is 424 g/mol. The molecule has 1 aromatic rings. The minimum atomic E-state index is -0.308. The fourth-order valence-corrected chi connectivity index (χ4v) is 4.57. The maximum Gasteiger partial charge on any atom is 0.319 e. The van der Waals surface area contributed by atoms with Gasteiger partial charge in [0.1, 0.15) is 18.5 Å². The fraction of sp³-hybridized carbons (Fsp3) is 0.625. The number of benzene rings is 1. The molecule has 3 aliphatic rings. The second-order valence-electron chi connectivity index (χ2n) is 9.16. The Labute approximate surface area is 194 Å². The van der Waals surface area contributed by atoms with E-state index in [1.807, 2.05) is 6.92 Å². The van der Waals surface area contributed by atoms with Crippen LogP contribution >= 0.6 is 0 Å². The lowest BCUT2D eigenvalue weighted by Crippen LogP contribution is -2.54. The molecule has 1 aromatic carbocycles. The van der Waals surface area contributed by atoms with Crippen molar-refractivity contribution < 1.29 is 23.9 Å². The van der Waals surface area contributed by atoms with Gasteiger partial charge in [-0.25, -0.2) is 4.79 Å². The molecule has 9 nitrogen and oxygen atoms in total. The normalized spacial score (nSPS) is 24.8. The van der Waals surface area contributed by atoms with E-state index in [0.29, 0.717) is 49.0 Å². The molecule has 2 heterocycles. The van der Waals surface area contributed by atoms with E-state index in [9.17, 15) is 14.4 Å². The first-order chi connectivity index (χ1) is 15.9. The van der Waals surface area contributed by atoms with E-state index in [4.69, 9.17) is 9.47 Å². The lowest BCUT2D eigenvalue weighted by Gasteiger charge is -2.42. The highest BCUT2D eigenvalue weighted by Gasteiger charge is 2.39. The maximum atomic E-state index is 13.3. The predicted octanol–water partition coefficient (Wildman–Crippen LogP) is 2.66. The van der Waals surface area contributed by atoms with Crippen molar-refractivity contribution in [3.63, 3.8) is 0 Å². The number of nitrogens with one attached hydrogen (secondary N) is 3. The van der Waals surface area contributed by atoms with Gasteiger partial charge in [-0.15, -0.1) is 0 Å². The van der Waals surface area contributed by atoms with Gasteiger partial charge in [-0.05, 0) is 56.7 Å². The molecule has 1 aliphatic carbocycles. The quantitative estimate of drug-likeness (QED) is 0.607. The highest BCUT2D eigenvalue weighted by atomic mass is 16.5. The van der Waals surface area contributed by atoms with Crippen molar-refractivity contribution in [1.82, 2.24) is 15.5 Å². The molecule has 33 heavy (non-hydrogen) atoms. The van der Waals surface area contributed by atoms with Gasteiger partial charge in [-0.1, -0.05) is 6.92 Å². The van der Waals surface area contributed by atoms with E-state index in [1.165, 1.54) is 6.42 Å². The SMILES string of the molecule is CCCNC(=O)Nc1ccc2c(c1)C(=O)N(C)[C@H]1CC[C@H](CC(=O)NC3CCC3)O[C@H]1CO2. The van der Waals surface area contributed by atoms with Gasteiger partial charge >= 0.3 is 6.03 Å². The van der Waals surface area contributed by atoms with Gasteiger partial charge in [0.2, 0.25) is 5.91 Å². The molecule has 4 rings (SSSR count). The Balaban J connectivity index is 1.41. The van der Waals surface area contributed by atoms with Crippen LogP contribution < -0.4 is 20.7 Å². The summed E-state index contributed by atoms with van der Waals surface area (Å²) in [7, 11) is 1.77. The molecule has 1 saturated carbocycles. The number of hydrogen-bond acceptors (Lipinski definition) is 5. The van der Waals surface area contributed by atoms with Gasteiger partial charge in [-0.3, -0.25) is 9.59 Å². The van der Waals surface area contributed by atoms with Crippen LogP contribution in [0.15, 0.2) is 18.2 Å². The van der Waals surface area contributed by atoms with Crippen LogP contribution in [0.25, 0.3) is 0 Å². The minimum absolute atomic E-state index is 0.0349. The van der Waals surface area contributed by atoms with Crippen molar-refractivity contribution in [3.8, 4) is 5.75 Å². The van der Waals surface area contributed by atoms with Gasteiger partial charge in [0, 0.05) is 25.3 Å². The zero-order chi connectivity index (χ0) is 23.4. The number of carbonyl (C=O) groups is 3. The molecule has 3 N–H and O–H groups in total. The average molecular weight is 459 g/mol. The third kappa shape index (κ3) is 5.58. The predicted molar refractivity (Wildman–Crippen MR) is 123 cm³/mol. The Morgan fingerprint density at radius 2 is 2.00 bits per heavy atom. The Morgan fingerprint density at radius 3 is 2.73 bits per heavy atom. The lowest BCUT2D eigenvalue weighted by molar-refractivity contribution is -0.135. The van der Waals surface area contributed by atoms with Crippen molar-refractivity contribution in [1.29, 1.82) is 0 Å². The molecular formula is C24H34N4O5. The summed E-state index contributed by atoms with van der Waals surface area (Å²) < 4.78 is 12.2. The zero-order valence-electron chi connectivity index (χ0n) is 19.4. The number of amides is 4. The van der Waals surface area contributed by atoms with Crippen molar-refractivity contribution in [2.45, 2.75) is 76.2 Å². The van der Waals surface area contributed by atoms with Gasteiger partial charge in [0.05, 0.1) is 24.1 Å². The highest BCUT2D eigenvalue weighted by molar-refractivity contribution is 5.99. The van der Waals surface area contributed by atoms with Crippen LogP contribution in [0, 0.1) is 0 Å². The summed E-state index contributed by atoms with van der Waals surface area (Å²) >= 11 is 0. The molecule has 0 unspecified atom stereocenters. The van der Waals surface area contributed by atoms with Crippen molar-refractivity contribution in [2.75, 3.05) is 25.5 Å². The maximum absolute atomic E-state index is 13.3. The second-order valence-corrected chi connectivity index (χ2v) is 9.16. The summed E-state index contributed by atoms with van der Waals surface area (Å²) in [6, 6.07) is 4.93. The van der Waals surface area contributed by atoms with Crippen LogP contribution in [0.3, 0.4) is 0 Å². The first-order valence-corrected chi connectivity index (χ1v) is 12.0. The van der Waals surface area contributed by atoms with Crippen LogP contribution in [-0.4, -0.2) is 67.2 Å². The number of nitrogens with zero attached hydrogens (tertiary/aromatic N) is 1. The molecule has 180 valence electrons. The Hall–Kier alpha value is -2.81. The molecule has 0 spiro atoms. The summed E-state index contributed by atoms with van der Waals surface area (Å²) in [4.78, 5) is 39.3. The molecule has 2 aliphatic heterocycles. The number of rotatable bonds is 6. The van der Waals surface area contributed by atoms with E-state index < -0.39 is 0 Å². The van der Waals surface area contributed by atoms with E-state index in [-0.39, 0.29) is 36.1 Å². The van der Waals surface area contributed by atoms with Crippen molar-refractivity contribution >= 4 is 23.5 Å². The smallest absolute Gasteiger partial charge is 0.319 e. The Bertz CT molecular complexity index is 888. The summed E-state index contributed by atoms with van der Waals surface area (Å²) in [6.07, 6.45) is 5.44. The van der Waals surface area contributed by atoms with Gasteiger partial charge in [0.15, 0.2) is 0 Å². The first kappa shape index (κ1) is 23.4. The number of ether oxygens (including phenoxy) is 2. The van der Waals surface area contributed by atoms with Crippen molar-refractivity contribution in [3.05, 3.63) is 23.8 Å². The van der Waals surface area contributed by atoms with Crippen LogP contribution in [0.2, 0.25) is 0 Å². The molecule has 0 aromatic heterocycles. The molecule has 2 fully saturated rings. The fourth-order valence-electron chi connectivity index (χ4n) is 4.57. The van der Waals surface area contributed by atoms with Crippen molar-refractivity contribution in [2.24, 2.45) is 0 Å². The lowest BCUT2D eigenvalue weighted by atomic mass is 9.92. The highest BCUT2D eigenvalue weighted by Crippen LogP contribution is 2.32. The standard InChI is InChI=1S/C24H34N4O5/c1-3-11-25-24(31)27-16-7-10-20-18(12-16)23(30)28(2)19-9-8-17(33-21(19)14-32-20)13-22(29)26-15-5-4-6-15/h7,10,12,15,17,19,21H,3-6,8-9,11,13-14H2,1-2H3,(H,26,29)(H2,25,27,31)/t17-,19+,21+/m1/s1. The van der Waals surface area contributed by atoms with E-state index >= 15 is 0 Å². The number of carbonyl (C=O) groups excluding carboxylic acids is 3. The van der Waals surface area contributed by atoms with E-state index in [0.717, 1.165) is 25.7 Å². The number of urea groups is 1. The van der Waals surface area contributed by atoms with Crippen LogP contribution in [0.4, 0.5) is 10.5 Å². The van der Waals surface area contributed by atoms with Gasteiger partial charge in [-0.2, -0.15) is 0 Å². The van der Waals surface area contributed by atoms with Gasteiger partial charge < -0.3 is 30.3 Å². The third-order valence-electron chi connectivity index (χ3n) is 6.69. The Morgan fingerprint density at radius 1 is 1.18 bits per heavy atom. The van der Waals surface area contributed by atoms with Gasteiger partial charge in [0.25, 0.3) is 5.91 Å². The molecule has 4 amide bonds. The molecule has 0 radical (unpaired) electrons. The number of likely N-dealkylation sites (N-methyl/N-ethyl adjacent to an activating group) is 1. The second kappa shape index (κ2) is 10.4. The average Bonchev–Trinajstić information content (AvgIpc) is 2.77. The van der Waals surface area contributed by atoms with Crippen LogP contribution in [-0.2, 0) is 9.53 Å². The first-order valence-electron chi connectivity index (χ1n) is 12.0. The molecule has 0 bridgehead atoms. The monoisotopic (exact) mass is 458 g/mol. The summed E-state index contributed by atoms with van der Waals surface area (Å²) in [5.74, 6) is 0.313. The number of fused-ring (bicyclic) bond motifs is 2. The molecule has 1 saturated heterocycles. The number of hydrogen-bond donors (Lipinski definition) is 3. The summed E-state index contributed by atoms with van der Waals surface area (Å²) in [5, 5.41) is 8.58. The number of anilines is 1. The zero-order valence-corrected chi connectivity index (χ0v) is 19.4. The third-order valence-corrected chi connectivity index (χ3v) is 6.69. The minimum Gasteiger partial charge on any atom is -0.490 e. The largest absolute Gasteiger partial charge is 0.490 e. The topological polar surface area (TPSA) is 109 Å². The van der Waals surface area contributed by atoms with E-state index in [2.05, 4.69) is 16.0 Å².